The molecular formula is C24H21ClN8O. The highest BCUT2D eigenvalue weighted by molar-refractivity contribution is 6.33. The highest BCUT2D eigenvalue weighted by atomic mass is 35.5. The molecule has 3 heterocycles. The number of halogens is 1. The normalized spacial score (nSPS) is 10.9. The Kier molecular flexibility index (Phi) is 6.17. The van der Waals surface area contributed by atoms with Crippen molar-refractivity contribution in [2.45, 2.75) is 13.1 Å². The molecular weight excluding hydrogens is 452 g/mol. The zero-order valence-electron chi connectivity index (χ0n) is 18.3. The molecule has 34 heavy (non-hydrogen) atoms. The van der Waals surface area contributed by atoms with E-state index >= 15 is 0 Å². The van der Waals surface area contributed by atoms with Crippen molar-refractivity contribution in [3.63, 3.8) is 0 Å². The largest absolute Gasteiger partial charge is 0.497 e. The Bertz CT molecular complexity index is 1420. The molecule has 0 bridgehead atoms. The smallest absolute Gasteiger partial charge is 0.243 e. The Morgan fingerprint density at radius 2 is 1.79 bits per heavy atom. The summed E-state index contributed by atoms with van der Waals surface area (Å²) in [5, 5.41) is 23.5. The number of rotatable bonds is 8. The third kappa shape index (κ3) is 4.74. The molecule has 0 unspecified atom stereocenters. The van der Waals surface area contributed by atoms with Gasteiger partial charge in [0, 0.05) is 17.5 Å². The summed E-state index contributed by atoms with van der Waals surface area (Å²) in [5.74, 6) is 1.97. The summed E-state index contributed by atoms with van der Waals surface area (Å²) >= 11 is 6.28. The zero-order chi connectivity index (χ0) is 23.3. The second-order valence-electron chi connectivity index (χ2n) is 7.47. The van der Waals surface area contributed by atoms with Crippen LogP contribution in [0, 0.1) is 0 Å². The monoisotopic (exact) mass is 472 g/mol. The first-order chi connectivity index (χ1) is 16.7. The van der Waals surface area contributed by atoms with Gasteiger partial charge in [0.05, 0.1) is 36.3 Å². The van der Waals surface area contributed by atoms with Crippen LogP contribution in [-0.4, -0.2) is 37.5 Å². The van der Waals surface area contributed by atoms with Gasteiger partial charge in [0.25, 0.3) is 0 Å². The van der Waals surface area contributed by atoms with Crippen molar-refractivity contribution in [3.05, 3.63) is 83.1 Å². The molecule has 2 aromatic carbocycles. The van der Waals surface area contributed by atoms with E-state index in [-0.39, 0.29) is 0 Å². The van der Waals surface area contributed by atoms with Crippen LogP contribution < -0.4 is 15.4 Å². The van der Waals surface area contributed by atoms with Gasteiger partial charge in [-0.1, -0.05) is 41.9 Å². The molecule has 5 rings (SSSR count). The minimum Gasteiger partial charge on any atom is -0.497 e. The van der Waals surface area contributed by atoms with E-state index in [0.717, 1.165) is 33.8 Å². The summed E-state index contributed by atoms with van der Waals surface area (Å²) in [6, 6.07) is 19.3. The SMILES string of the molecule is COc1ccc(CNc2ccc3c(CNc4nncc(-c5ccccc5Cl)n4)[nH]nc3n2)cc1. The van der Waals surface area contributed by atoms with Crippen molar-refractivity contribution >= 4 is 34.4 Å². The van der Waals surface area contributed by atoms with Gasteiger partial charge in [-0.25, -0.2) is 9.97 Å². The zero-order valence-corrected chi connectivity index (χ0v) is 19.0. The number of aromatic nitrogens is 6. The number of H-pyrrole nitrogens is 1. The van der Waals surface area contributed by atoms with Gasteiger partial charge in [-0.05, 0) is 35.9 Å². The number of pyridine rings is 1. The molecule has 0 saturated heterocycles. The lowest BCUT2D eigenvalue weighted by Gasteiger charge is -2.07. The van der Waals surface area contributed by atoms with Crippen LogP contribution in [0.1, 0.15) is 11.3 Å². The fourth-order valence-electron chi connectivity index (χ4n) is 3.46. The highest BCUT2D eigenvalue weighted by Crippen LogP contribution is 2.26. The third-order valence-electron chi connectivity index (χ3n) is 5.26. The first-order valence-electron chi connectivity index (χ1n) is 10.6. The molecule has 0 radical (unpaired) electrons. The average Bonchev–Trinajstić information content (AvgIpc) is 3.29. The van der Waals surface area contributed by atoms with Gasteiger partial charge in [0.1, 0.15) is 11.6 Å². The Balaban J connectivity index is 1.25. The van der Waals surface area contributed by atoms with Crippen LogP contribution in [0.5, 0.6) is 5.75 Å². The molecule has 10 heteroatoms. The molecule has 0 fully saturated rings. The summed E-state index contributed by atoms with van der Waals surface area (Å²) in [5.41, 5.74) is 4.07. The lowest BCUT2D eigenvalue weighted by atomic mass is 10.2. The molecule has 170 valence electrons. The molecule has 0 aliphatic carbocycles. The maximum atomic E-state index is 6.28. The number of aromatic amines is 1. The predicted octanol–water partition coefficient (Wildman–Crippen LogP) is 4.70. The van der Waals surface area contributed by atoms with Crippen LogP contribution in [0.4, 0.5) is 11.8 Å². The number of nitrogens with zero attached hydrogens (tertiary/aromatic N) is 5. The molecule has 3 N–H and O–H groups in total. The minimum atomic E-state index is 0.394. The second kappa shape index (κ2) is 9.72. The number of nitrogens with one attached hydrogen (secondary N) is 3. The number of benzene rings is 2. The van der Waals surface area contributed by atoms with Gasteiger partial charge in [0.2, 0.25) is 5.95 Å². The van der Waals surface area contributed by atoms with Gasteiger partial charge < -0.3 is 15.4 Å². The summed E-state index contributed by atoms with van der Waals surface area (Å²) < 4.78 is 5.20. The van der Waals surface area contributed by atoms with Crippen LogP contribution in [0.15, 0.2) is 66.9 Å². The molecule has 0 aliphatic rings. The molecule has 5 aromatic rings. The van der Waals surface area contributed by atoms with E-state index in [1.165, 1.54) is 0 Å². The standard InChI is InChI=1S/C24H21ClN8O/c1-34-16-8-6-15(7-9-16)12-26-22-11-10-18-21(31-32-23(18)30-22)13-27-24-29-20(14-28-33-24)17-4-2-3-5-19(17)25/h2-11,14H,12-13H2,1H3,(H,27,29,33)(H2,26,30,31,32). The fraction of sp³-hybridized carbons (Fsp3) is 0.125. The summed E-state index contributed by atoms with van der Waals surface area (Å²) in [6.45, 7) is 1.08. The third-order valence-corrected chi connectivity index (χ3v) is 5.59. The van der Waals surface area contributed by atoms with Crippen LogP contribution in [0.25, 0.3) is 22.3 Å². The van der Waals surface area contributed by atoms with Crippen LogP contribution in [0.2, 0.25) is 5.02 Å². The molecule has 3 aromatic heterocycles. The molecule has 0 atom stereocenters. The number of ether oxygens (including phenoxy) is 1. The van der Waals surface area contributed by atoms with Crippen molar-refractivity contribution in [3.8, 4) is 17.0 Å². The summed E-state index contributed by atoms with van der Waals surface area (Å²) in [6.07, 6.45) is 1.59. The fourth-order valence-corrected chi connectivity index (χ4v) is 3.70. The Labute approximate surface area is 200 Å². The Hall–Kier alpha value is -4.24. The van der Waals surface area contributed by atoms with Gasteiger partial charge in [0.15, 0.2) is 5.65 Å². The van der Waals surface area contributed by atoms with Crippen molar-refractivity contribution in [1.29, 1.82) is 0 Å². The lowest BCUT2D eigenvalue weighted by Crippen LogP contribution is -2.06. The average molecular weight is 473 g/mol. The number of hydrogen-bond donors (Lipinski definition) is 3. The summed E-state index contributed by atoms with van der Waals surface area (Å²) in [7, 11) is 1.65. The highest BCUT2D eigenvalue weighted by Gasteiger charge is 2.10. The predicted molar refractivity (Wildman–Crippen MR) is 132 cm³/mol. The Morgan fingerprint density at radius 1 is 0.941 bits per heavy atom. The van der Waals surface area contributed by atoms with E-state index < -0.39 is 0 Å². The first-order valence-corrected chi connectivity index (χ1v) is 11.0. The molecule has 9 nitrogen and oxygen atoms in total. The van der Waals surface area contributed by atoms with Crippen LogP contribution >= 0.6 is 11.6 Å². The van der Waals surface area contributed by atoms with Crippen LogP contribution in [-0.2, 0) is 13.1 Å². The van der Waals surface area contributed by atoms with E-state index in [0.29, 0.717) is 35.4 Å². The van der Waals surface area contributed by atoms with Gasteiger partial charge in [-0.15, -0.1) is 5.10 Å². The van der Waals surface area contributed by atoms with Gasteiger partial charge >= 0.3 is 0 Å². The molecule has 0 saturated carbocycles. The van der Waals surface area contributed by atoms with E-state index in [4.69, 9.17) is 16.3 Å². The van der Waals surface area contributed by atoms with Crippen molar-refractivity contribution in [2.24, 2.45) is 0 Å². The van der Waals surface area contributed by atoms with E-state index in [9.17, 15) is 0 Å². The van der Waals surface area contributed by atoms with Crippen molar-refractivity contribution in [2.75, 3.05) is 17.7 Å². The molecule has 0 amide bonds. The maximum absolute atomic E-state index is 6.28. The van der Waals surface area contributed by atoms with Crippen molar-refractivity contribution < 1.29 is 4.74 Å². The van der Waals surface area contributed by atoms with E-state index in [1.54, 1.807) is 13.3 Å². The topological polar surface area (TPSA) is 114 Å². The molecule has 0 aliphatic heterocycles. The van der Waals surface area contributed by atoms with Crippen LogP contribution in [0.3, 0.4) is 0 Å². The summed E-state index contributed by atoms with van der Waals surface area (Å²) in [4.78, 5) is 9.12. The molecule has 0 spiro atoms. The van der Waals surface area contributed by atoms with E-state index in [2.05, 4.69) is 41.0 Å². The minimum absolute atomic E-state index is 0.394. The number of anilines is 2. The lowest BCUT2D eigenvalue weighted by molar-refractivity contribution is 0.414. The number of fused-ring (bicyclic) bond motifs is 1. The maximum Gasteiger partial charge on any atom is 0.243 e. The number of hydrogen-bond acceptors (Lipinski definition) is 8. The Morgan fingerprint density at radius 3 is 2.62 bits per heavy atom. The quantitative estimate of drug-likeness (QED) is 0.298. The second-order valence-corrected chi connectivity index (χ2v) is 7.88. The van der Waals surface area contributed by atoms with E-state index in [1.807, 2.05) is 60.7 Å². The van der Waals surface area contributed by atoms with Gasteiger partial charge in [-0.2, -0.15) is 10.2 Å². The number of methoxy groups -OCH3 is 1. The van der Waals surface area contributed by atoms with Crippen molar-refractivity contribution in [1.82, 2.24) is 30.4 Å². The first kappa shape index (κ1) is 21.6. The van der Waals surface area contributed by atoms with Gasteiger partial charge in [-0.3, -0.25) is 5.10 Å².